The summed E-state index contributed by atoms with van der Waals surface area (Å²) in [5, 5.41) is 0. The van der Waals surface area contributed by atoms with Crippen molar-refractivity contribution in [2.45, 2.75) is 13.0 Å². The first-order valence-electron chi connectivity index (χ1n) is 4.73. The fourth-order valence-corrected chi connectivity index (χ4v) is 0.738. The maximum atomic E-state index is 10.1. The summed E-state index contributed by atoms with van der Waals surface area (Å²) in [5.74, 6) is 0. The number of carbonyl (C=O) groups is 1. The van der Waals surface area contributed by atoms with Crippen LogP contribution in [0.1, 0.15) is 6.92 Å². The molecular weight excluding hydrogens is 186 g/mol. The van der Waals surface area contributed by atoms with E-state index in [9.17, 15) is 4.79 Å². The van der Waals surface area contributed by atoms with E-state index in [0.717, 1.165) is 6.29 Å². The highest BCUT2D eigenvalue weighted by Crippen LogP contribution is 1.86. The van der Waals surface area contributed by atoms with Gasteiger partial charge in [-0.1, -0.05) is 0 Å². The van der Waals surface area contributed by atoms with E-state index in [-0.39, 0.29) is 6.10 Å². The molecule has 5 nitrogen and oxygen atoms in total. The second kappa shape index (κ2) is 10.6. The van der Waals surface area contributed by atoms with E-state index in [1.54, 1.807) is 6.92 Å². The SMILES string of the molecule is C[C@@H](C=O)OCCOCCOCCN. The molecule has 0 aromatic heterocycles. The Balaban J connectivity index is 2.95. The van der Waals surface area contributed by atoms with Gasteiger partial charge in [0.25, 0.3) is 0 Å². The monoisotopic (exact) mass is 205 g/mol. The smallest absolute Gasteiger partial charge is 0.148 e. The molecule has 0 rings (SSSR count). The van der Waals surface area contributed by atoms with Gasteiger partial charge in [-0.25, -0.2) is 0 Å². The summed E-state index contributed by atoms with van der Waals surface area (Å²) < 4.78 is 15.3. The quantitative estimate of drug-likeness (QED) is 0.387. The lowest BCUT2D eigenvalue weighted by molar-refractivity contribution is -0.118. The molecule has 84 valence electrons. The van der Waals surface area contributed by atoms with Crippen molar-refractivity contribution in [3.05, 3.63) is 0 Å². The Bertz CT molecular complexity index is 132. The molecule has 0 unspecified atom stereocenters. The minimum Gasteiger partial charge on any atom is -0.378 e. The zero-order valence-corrected chi connectivity index (χ0v) is 8.61. The molecule has 0 aliphatic carbocycles. The third-order valence-corrected chi connectivity index (χ3v) is 1.43. The molecule has 0 saturated heterocycles. The first kappa shape index (κ1) is 13.5. The normalized spacial score (nSPS) is 12.7. The second-order valence-corrected chi connectivity index (χ2v) is 2.73. The van der Waals surface area contributed by atoms with Crippen LogP contribution in [0.15, 0.2) is 0 Å². The maximum Gasteiger partial charge on any atom is 0.148 e. The summed E-state index contributed by atoms with van der Waals surface area (Å²) in [7, 11) is 0. The second-order valence-electron chi connectivity index (χ2n) is 2.73. The molecule has 0 heterocycles. The van der Waals surface area contributed by atoms with Gasteiger partial charge in [0.05, 0.1) is 33.0 Å². The highest BCUT2D eigenvalue weighted by atomic mass is 16.5. The lowest BCUT2D eigenvalue weighted by atomic mass is 10.5. The molecule has 14 heavy (non-hydrogen) atoms. The molecule has 5 heteroatoms. The van der Waals surface area contributed by atoms with E-state index in [4.69, 9.17) is 19.9 Å². The van der Waals surface area contributed by atoms with Crippen molar-refractivity contribution in [3.8, 4) is 0 Å². The Hall–Kier alpha value is -0.490. The molecule has 0 spiro atoms. The minimum atomic E-state index is -0.355. The van der Waals surface area contributed by atoms with Crippen molar-refractivity contribution < 1.29 is 19.0 Å². The van der Waals surface area contributed by atoms with Crippen LogP contribution in [0.2, 0.25) is 0 Å². The minimum absolute atomic E-state index is 0.355. The van der Waals surface area contributed by atoms with Gasteiger partial charge in [-0.05, 0) is 6.92 Å². The Labute approximate surface area is 84.5 Å². The van der Waals surface area contributed by atoms with Crippen molar-refractivity contribution in [2.75, 3.05) is 39.6 Å². The molecule has 0 aliphatic rings. The van der Waals surface area contributed by atoms with Gasteiger partial charge < -0.3 is 24.7 Å². The molecule has 0 saturated carbocycles. The van der Waals surface area contributed by atoms with Gasteiger partial charge in [0, 0.05) is 6.54 Å². The standard InChI is InChI=1S/C9H19NO4/c1-9(8-11)14-7-6-13-5-4-12-3-2-10/h8-9H,2-7,10H2,1H3/t9-/m0/s1. The molecule has 0 aromatic carbocycles. The van der Waals surface area contributed by atoms with Crippen LogP contribution in [0.3, 0.4) is 0 Å². The average Bonchev–Trinajstić information content (AvgIpc) is 2.21. The van der Waals surface area contributed by atoms with Crippen LogP contribution in [-0.4, -0.2) is 52.0 Å². The lowest BCUT2D eigenvalue weighted by Crippen LogP contribution is -2.16. The van der Waals surface area contributed by atoms with Crippen LogP contribution >= 0.6 is 0 Å². The van der Waals surface area contributed by atoms with E-state index < -0.39 is 0 Å². The predicted molar refractivity (Wildman–Crippen MR) is 52.2 cm³/mol. The number of hydrogen-bond donors (Lipinski definition) is 1. The molecular formula is C9H19NO4. The third kappa shape index (κ3) is 9.60. The molecule has 0 radical (unpaired) electrons. The van der Waals surface area contributed by atoms with Gasteiger partial charge in [-0.15, -0.1) is 0 Å². The summed E-state index contributed by atoms with van der Waals surface area (Å²) in [6, 6.07) is 0. The van der Waals surface area contributed by atoms with Crippen LogP contribution < -0.4 is 5.73 Å². The summed E-state index contributed by atoms with van der Waals surface area (Å²) in [6.45, 7) is 4.75. The van der Waals surface area contributed by atoms with E-state index in [2.05, 4.69) is 0 Å². The van der Waals surface area contributed by atoms with Crippen molar-refractivity contribution in [1.82, 2.24) is 0 Å². The van der Waals surface area contributed by atoms with Crippen molar-refractivity contribution in [3.63, 3.8) is 0 Å². The number of rotatable bonds is 10. The van der Waals surface area contributed by atoms with Crippen molar-refractivity contribution in [1.29, 1.82) is 0 Å². The Kier molecular flexibility index (Phi) is 10.2. The first-order chi connectivity index (χ1) is 6.81. The molecule has 0 amide bonds. The van der Waals surface area contributed by atoms with Crippen LogP contribution in [0.5, 0.6) is 0 Å². The summed E-state index contributed by atoms with van der Waals surface area (Å²) in [4.78, 5) is 10.1. The number of nitrogens with two attached hydrogens (primary N) is 1. The van der Waals surface area contributed by atoms with Gasteiger partial charge in [0.15, 0.2) is 0 Å². The molecule has 1 atom stereocenters. The van der Waals surface area contributed by atoms with E-state index in [1.165, 1.54) is 0 Å². The zero-order valence-electron chi connectivity index (χ0n) is 8.61. The average molecular weight is 205 g/mol. The van der Waals surface area contributed by atoms with Gasteiger partial charge >= 0.3 is 0 Å². The number of aldehydes is 1. The maximum absolute atomic E-state index is 10.1. The molecule has 0 aliphatic heterocycles. The Morgan fingerprint density at radius 3 is 2.29 bits per heavy atom. The van der Waals surface area contributed by atoms with Gasteiger partial charge in [0.1, 0.15) is 12.4 Å². The van der Waals surface area contributed by atoms with Gasteiger partial charge in [-0.2, -0.15) is 0 Å². The van der Waals surface area contributed by atoms with Crippen LogP contribution in [0, 0.1) is 0 Å². The lowest BCUT2D eigenvalue weighted by Gasteiger charge is -2.07. The zero-order chi connectivity index (χ0) is 10.6. The number of carbonyl (C=O) groups excluding carboxylic acids is 1. The van der Waals surface area contributed by atoms with E-state index in [0.29, 0.717) is 39.6 Å². The highest BCUT2D eigenvalue weighted by molar-refractivity contribution is 5.55. The van der Waals surface area contributed by atoms with Crippen LogP contribution in [0.4, 0.5) is 0 Å². The number of hydrogen-bond acceptors (Lipinski definition) is 5. The number of ether oxygens (including phenoxy) is 3. The topological polar surface area (TPSA) is 70.8 Å². The highest BCUT2D eigenvalue weighted by Gasteiger charge is 1.97. The molecule has 0 bridgehead atoms. The van der Waals surface area contributed by atoms with Crippen LogP contribution in [-0.2, 0) is 19.0 Å². The third-order valence-electron chi connectivity index (χ3n) is 1.43. The van der Waals surface area contributed by atoms with Crippen LogP contribution in [0.25, 0.3) is 0 Å². The molecule has 0 fully saturated rings. The summed E-state index contributed by atoms with van der Waals surface area (Å²) in [5.41, 5.74) is 5.22. The Morgan fingerprint density at radius 2 is 1.71 bits per heavy atom. The molecule has 0 aromatic rings. The van der Waals surface area contributed by atoms with E-state index in [1.807, 2.05) is 0 Å². The first-order valence-corrected chi connectivity index (χ1v) is 4.73. The van der Waals surface area contributed by atoms with Gasteiger partial charge in [0.2, 0.25) is 0 Å². The van der Waals surface area contributed by atoms with Crippen molar-refractivity contribution >= 4 is 6.29 Å². The Morgan fingerprint density at radius 1 is 1.14 bits per heavy atom. The van der Waals surface area contributed by atoms with Crippen molar-refractivity contribution in [2.24, 2.45) is 5.73 Å². The largest absolute Gasteiger partial charge is 0.378 e. The van der Waals surface area contributed by atoms with E-state index >= 15 is 0 Å². The summed E-state index contributed by atoms with van der Waals surface area (Å²) in [6.07, 6.45) is 0.400. The predicted octanol–water partition coefficient (Wildman–Crippen LogP) is -0.418. The fraction of sp³-hybridized carbons (Fsp3) is 0.889. The summed E-state index contributed by atoms with van der Waals surface area (Å²) >= 11 is 0. The van der Waals surface area contributed by atoms with Gasteiger partial charge in [-0.3, -0.25) is 0 Å². The fourth-order valence-electron chi connectivity index (χ4n) is 0.738. The molecule has 2 N–H and O–H groups in total.